The molecule has 0 aliphatic heterocycles. The Hall–Kier alpha value is -0.930. The van der Waals surface area contributed by atoms with Crippen molar-refractivity contribution in [1.29, 1.82) is 0 Å². The molecule has 1 unspecified atom stereocenters. The van der Waals surface area contributed by atoms with E-state index in [4.69, 9.17) is 5.11 Å². The number of aliphatic hydroxyl groups excluding tert-OH is 1. The van der Waals surface area contributed by atoms with E-state index in [9.17, 15) is 4.39 Å². The molecule has 1 atom stereocenters. The summed E-state index contributed by atoms with van der Waals surface area (Å²) in [6, 6.07) is 4.79. The fraction of sp³-hybridized carbons (Fsp3) is 0.400. The minimum Gasteiger partial charge on any atom is -0.394 e. The lowest BCUT2D eigenvalue weighted by Crippen LogP contribution is -2.20. The number of rotatable bonds is 3. The second kappa shape index (κ2) is 4.35. The molecule has 0 heterocycles. The van der Waals surface area contributed by atoms with E-state index in [-0.39, 0.29) is 18.5 Å². The van der Waals surface area contributed by atoms with Crippen LogP contribution in [0.3, 0.4) is 0 Å². The van der Waals surface area contributed by atoms with Gasteiger partial charge in [0.05, 0.1) is 12.6 Å². The summed E-state index contributed by atoms with van der Waals surface area (Å²) in [4.78, 5) is 0. The molecule has 0 radical (unpaired) electrons. The lowest BCUT2D eigenvalue weighted by molar-refractivity contribution is 0.250. The quantitative estimate of drug-likeness (QED) is 0.742. The van der Waals surface area contributed by atoms with Crippen LogP contribution in [0.1, 0.15) is 17.2 Å². The average molecular weight is 183 g/mol. The van der Waals surface area contributed by atoms with Gasteiger partial charge in [-0.25, -0.2) is 4.39 Å². The molecule has 0 aromatic heterocycles. The van der Waals surface area contributed by atoms with Crippen molar-refractivity contribution < 1.29 is 9.50 Å². The summed E-state index contributed by atoms with van der Waals surface area (Å²) in [7, 11) is 1.73. The third kappa shape index (κ3) is 2.26. The molecule has 2 nitrogen and oxygen atoms in total. The molecule has 1 aromatic carbocycles. The fourth-order valence-electron chi connectivity index (χ4n) is 1.19. The van der Waals surface area contributed by atoms with Crippen LogP contribution < -0.4 is 5.32 Å². The maximum absolute atomic E-state index is 13.1. The van der Waals surface area contributed by atoms with Crippen LogP contribution in [0.2, 0.25) is 0 Å². The van der Waals surface area contributed by atoms with Gasteiger partial charge >= 0.3 is 0 Å². The Balaban J connectivity index is 2.95. The minimum absolute atomic E-state index is 0.0288. The predicted molar refractivity (Wildman–Crippen MR) is 50.0 cm³/mol. The molecular formula is C10H14FNO. The SMILES string of the molecule is CNC(CO)c1ccc(C)c(F)c1. The second-order valence-electron chi connectivity index (χ2n) is 3.03. The van der Waals surface area contributed by atoms with Crippen molar-refractivity contribution in [2.24, 2.45) is 0 Å². The highest BCUT2D eigenvalue weighted by Gasteiger charge is 2.08. The molecule has 3 heteroatoms. The predicted octanol–water partition coefficient (Wildman–Crippen LogP) is 1.39. The summed E-state index contributed by atoms with van der Waals surface area (Å²) >= 11 is 0. The van der Waals surface area contributed by atoms with Crippen LogP contribution >= 0.6 is 0 Å². The largest absolute Gasteiger partial charge is 0.394 e. The normalized spacial score (nSPS) is 12.9. The van der Waals surface area contributed by atoms with Gasteiger partial charge < -0.3 is 10.4 Å². The van der Waals surface area contributed by atoms with E-state index in [0.29, 0.717) is 5.56 Å². The van der Waals surface area contributed by atoms with Gasteiger partial charge in [0.1, 0.15) is 5.82 Å². The van der Waals surface area contributed by atoms with Gasteiger partial charge in [-0.1, -0.05) is 12.1 Å². The van der Waals surface area contributed by atoms with Gasteiger partial charge in [0.25, 0.3) is 0 Å². The summed E-state index contributed by atoms with van der Waals surface area (Å²) in [6.45, 7) is 1.69. The number of halogens is 1. The molecule has 0 amide bonds. The van der Waals surface area contributed by atoms with Crippen molar-refractivity contribution in [2.75, 3.05) is 13.7 Å². The zero-order valence-electron chi connectivity index (χ0n) is 7.84. The fourth-order valence-corrected chi connectivity index (χ4v) is 1.19. The van der Waals surface area contributed by atoms with Crippen molar-refractivity contribution >= 4 is 0 Å². The van der Waals surface area contributed by atoms with Crippen LogP contribution in [-0.2, 0) is 0 Å². The zero-order chi connectivity index (χ0) is 9.84. The van der Waals surface area contributed by atoms with E-state index >= 15 is 0 Å². The van der Waals surface area contributed by atoms with Gasteiger partial charge in [-0.2, -0.15) is 0 Å². The lowest BCUT2D eigenvalue weighted by atomic mass is 10.1. The number of likely N-dealkylation sites (N-methyl/N-ethyl adjacent to an activating group) is 1. The van der Waals surface area contributed by atoms with Crippen LogP contribution in [0, 0.1) is 12.7 Å². The van der Waals surface area contributed by atoms with Crippen molar-refractivity contribution in [1.82, 2.24) is 5.32 Å². The van der Waals surface area contributed by atoms with Gasteiger partial charge in [0, 0.05) is 0 Å². The molecule has 0 aliphatic carbocycles. The first kappa shape index (κ1) is 10.2. The third-order valence-electron chi connectivity index (χ3n) is 2.13. The summed E-state index contributed by atoms with van der Waals surface area (Å²) in [6.07, 6.45) is 0. The van der Waals surface area contributed by atoms with Crippen LogP contribution in [0.15, 0.2) is 18.2 Å². The van der Waals surface area contributed by atoms with Crippen LogP contribution in [-0.4, -0.2) is 18.8 Å². The van der Waals surface area contributed by atoms with Gasteiger partial charge in [-0.15, -0.1) is 0 Å². The summed E-state index contributed by atoms with van der Waals surface area (Å²) < 4.78 is 13.1. The van der Waals surface area contributed by atoms with Crippen molar-refractivity contribution in [3.63, 3.8) is 0 Å². The molecule has 72 valence electrons. The molecule has 0 saturated carbocycles. The molecule has 0 fully saturated rings. The number of aliphatic hydroxyl groups is 1. The monoisotopic (exact) mass is 183 g/mol. The zero-order valence-corrected chi connectivity index (χ0v) is 7.84. The highest BCUT2D eigenvalue weighted by molar-refractivity contribution is 5.25. The van der Waals surface area contributed by atoms with Crippen LogP contribution in [0.25, 0.3) is 0 Å². The molecule has 1 aromatic rings. The van der Waals surface area contributed by atoms with E-state index in [2.05, 4.69) is 5.32 Å². The molecular weight excluding hydrogens is 169 g/mol. The van der Waals surface area contributed by atoms with E-state index in [1.807, 2.05) is 6.07 Å². The van der Waals surface area contributed by atoms with Crippen molar-refractivity contribution in [2.45, 2.75) is 13.0 Å². The minimum atomic E-state index is -0.230. The first-order valence-electron chi connectivity index (χ1n) is 4.23. The highest BCUT2D eigenvalue weighted by atomic mass is 19.1. The average Bonchev–Trinajstić information content (AvgIpc) is 2.13. The standard InChI is InChI=1S/C10H14FNO/c1-7-3-4-8(5-9(7)11)10(6-13)12-2/h3-5,10,12-13H,6H2,1-2H3. The summed E-state index contributed by atoms with van der Waals surface area (Å²) in [5.74, 6) is -0.230. The van der Waals surface area contributed by atoms with Crippen LogP contribution in [0.5, 0.6) is 0 Å². The molecule has 2 N–H and O–H groups in total. The number of hydrogen-bond donors (Lipinski definition) is 2. The molecule has 0 bridgehead atoms. The van der Waals surface area contributed by atoms with Crippen LogP contribution in [0.4, 0.5) is 4.39 Å². The van der Waals surface area contributed by atoms with Gasteiger partial charge in [0.15, 0.2) is 0 Å². The maximum Gasteiger partial charge on any atom is 0.126 e. The molecule has 1 rings (SSSR count). The van der Waals surface area contributed by atoms with E-state index in [0.717, 1.165) is 5.56 Å². The number of hydrogen-bond acceptors (Lipinski definition) is 2. The van der Waals surface area contributed by atoms with Crippen molar-refractivity contribution in [3.8, 4) is 0 Å². The maximum atomic E-state index is 13.1. The lowest BCUT2D eigenvalue weighted by Gasteiger charge is -2.13. The van der Waals surface area contributed by atoms with Gasteiger partial charge in [-0.05, 0) is 31.2 Å². The first-order valence-corrected chi connectivity index (χ1v) is 4.23. The van der Waals surface area contributed by atoms with Gasteiger partial charge in [0.2, 0.25) is 0 Å². The van der Waals surface area contributed by atoms with E-state index in [1.54, 1.807) is 20.0 Å². The van der Waals surface area contributed by atoms with E-state index in [1.165, 1.54) is 6.07 Å². The Labute approximate surface area is 77.4 Å². The Kier molecular flexibility index (Phi) is 3.39. The first-order chi connectivity index (χ1) is 6.19. The van der Waals surface area contributed by atoms with Gasteiger partial charge in [-0.3, -0.25) is 0 Å². The Morgan fingerprint density at radius 3 is 2.69 bits per heavy atom. The summed E-state index contributed by atoms with van der Waals surface area (Å²) in [5, 5.41) is 11.9. The smallest absolute Gasteiger partial charge is 0.126 e. The number of nitrogens with one attached hydrogen (secondary N) is 1. The number of aryl methyl sites for hydroxylation is 1. The second-order valence-corrected chi connectivity index (χ2v) is 3.03. The number of benzene rings is 1. The Morgan fingerprint density at radius 1 is 1.54 bits per heavy atom. The molecule has 13 heavy (non-hydrogen) atoms. The topological polar surface area (TPSA) is 32.3 Å². The summed E-state index contributed by atoms with van der Waals surface area (Å²) in [5.41, 5.74) is 1.39. The van der Waals surface area contributed by atoms with E-state index < -0.39 is 0 Å². The third-order valence-corrected chi connectivity index (χ3v) is 2.13. The highest BCUT2D eigenvalue weighted by Crippen LogP contribution is 2.15. The van der Waals surface area contributed by atoms with Crippen molar-refractivity contribution in [3.05, 3.63) is 35.1 Å². The Morgan fingerprint density at radius 2 is 2.23 bits per heavy atom. The molecule has 0 aliphatic rings. The molecule has 0 spiro atoms. The Bertz CT molecular complexity index is 284. The molecule has 0 saturated heterocycles.